The van der Waals surface area contributed by atoms with Crippen LogP contribution in [0.1, 0.15) is 22.3 Å². The molecule has 0 radical (unpaired) electrons. The molecule has 1 aliphatic heterocycles. The highest BCUT2D eigenvalue weighted by molar-refractivity contribution is 7.91. The summed E-state index contributed by atoms with van der Waals surface area (Å²) in [4.78, 5) is 24.9. The van der Waals surface area contributed by atoms with Crippen LogP contribution in [0, 0.1) is 0 Å². The lowest BCUT2D eigenvalue weighted by Crippen LogP contribution is -2.35. The molecule has 2 rings (SSSR count). The van der Waals surface area contributed by atoms with Crippen LogP contribution in [0.3, 0.4) is 0 Å². The van der Waals surface area contributed by atoms with Crippen LogP contribution in [0.2, 0.25) is 0 Å². The minimum Gasteiger partial charge on any atom is -0.478 e. The van der Waals surface area contributed by atoms with Gasteiger partial charge in [-0.3, -0.25) is 4.79 Å². The average molecular weight is 311 g/mol. The number of hydrogen-bond donors (Lipinski definition) is 1. The van der Waals surface area contributed by atoms with E-state index in [-0.39, 0.29) is 35.9 Å². The summed E-state index contributed by atoms with van der Waals surface area (Å²) >= 11 is 0. The van der Waals surface area contributed by atoms with Crippen LogP contribution < -0.4 is 0 Å². The first-order valence-electron chi connectivity index (χ1n) is 6.68. The van der Waals surface area contributed by atoms with Gasteiger partial charge in [0.2, 0.25) is 5.91 Å². The van der Waals surface area contributed by atoms with Gasteiger partial charge in [-0.05, 0) is 18.1 Å². The first-order chi connectivity index (χ1) is 9.89. The molecule has 0 unspecified atom stereocenters. The summed E-state index contributed by atoms with van der Waals surface area (Å²) in [5.41, 5.74) is 0.551. The van der Waals surface area contributed by atoms with Gasteiger partial charge in [0.1, 0.15) is 0 Å². The monoisotopic (exact) mass is 311 g/mol. The fourth-order valence-corrected chi connectivity index (χ4v) is 3.62. The Morgan fingerprint density at radius 3 is 2.57 bits per heavy atom. The molecule has 1 saturated heterocycles. The normalized spacial score (nSPS) is 18.0. The Kier molecular flexibility index (Phi) is 4.62. The Morgan fingerprint density at radius 1 is 1.14 bits per heavy atom. The fourth-order valence-electron chi connectivity index (χ4n) is 2.35. The molecular formula is C14H17NO5S. The van der Waals surface area contributed by atoms with E-state index >= 15 is 0 Å². The zero-order chi connectivity index (χ0) is 15.5. The minimum absolute atomic E-state index is 0.0253. The Balaban J connectivity index is 2.10. The third-order valence-electron chi connectivity index (χ3n) is 3.50. The van der Waals surface area contributed by atoms with E-state index in [0.29, 0.717) is 18.5 Å². The summed E-state index contributed by atoms with van der Waals surface area (Å²) in [7, 11) is -3.07. The summed E-state index contributed by atoms with van der Waals surface area (Å²) < 4.78 is 23.0. The molecule has 1 N–H and O–H groups in total. The predicted molar refractivity (Wildman–Crippen MR) is 77.0 cm³/mol. The van der Waals surface area contributed by atoms with Crippen LogP contribution in [-0.4, -0.2) is 54.9 Å². The van der Waals surface area contributed by atoms with Crippen molar-refractivity contribution in [2.75, 3.05) is 24.6 Å². The van der Waals surface area contributed by atoms with Gasteiger partial charge in [-0.25, -0.2) is 13.2 Å². The number of sulfone groups is 1. The zero-order valence-corrected chi connectivity index (χ0v) is 12.3. The lowest BCUT2D eigenvalue weighted by atomic mass is 10.0. The molecule has 1 aliphatic rings. The number of carboxylic acid groups (broad SMARTS) is 1. The van der Waals surface area contributed by atoms with Crippen molar-refractivity contribution in [3.63, 3.8) is 0 Å². The van der Waals surface area contributed by atoms with Gasteiger partial charge in [-0.2, -0.15) is 0 Å². The van der Waals surface area contributed by atoms with Gasteiger partial charge in [0.05, 0.1) is 23.5 Å². The quantitative estimate of drug-likeness (QED) is 0.881. The maximum atomic E-state index is 12.2. The molecule has 1 amide bonds. The predicted octanol–water partition coefficient (Wildman–Crippen LogP) is 0.574. The van der Waals surface area contributed by atoms with Crippen molar-refractivity contribution in [3.8, 4) is 0 Å². The maximum absolute atomic E-state index is 12.2. The van der Waals surface area contributed by atoms with Gasteiger partial charge in [0.25, 0.3) is 0 Å². The highest BCUT2D eigenvalue weighted by atomic mass is 32.2. The number of amides is 1. The lowest BCUT2D eigenvalue weighted by molar-refractivity contribution is -0.130. The van der Waals surface area contributed by atoms with Crippen LogP contribution in [0.25, 0.3) is 0 Å². The van der Waals surface area contributed by atoms with Gasteiger partial charge < -0.3 is 10.0 Å². The van der Waals surface area contributed by atoms with E-state index < -0.39 is 15.8 Å². The zero-order valence-electron chi connectivity index (χ0n) is 11.5. The molecule has 0 spiro atoms. The van der Waals surface area contributed by atoms with Crippen molar-refractivity contribution in [1.29, 1.82) is 0 Å². The second kappa shape index (κ2) is 6.26. The average Bonchev–Trinajstić information content (AvgIpc) is 2.60. The van der Waals surface area contributed by atoms with Gasteiger partial charge in [-0.1, -0.05) is 18.2 Å². The molecule has 0 aromatic heterocycles. The molecule has 1 fully saturated rings. The summed E-state index contributed by atoms with van der Waals surface area (Å²) in [6.45, 7) is 0.573. The van der Waals surface area contributed by atoms with E-state index in [4.69, 9.17) is 5.11 Å². The molecule has 7 heteroatoms. The molecule has 0 atom stereocenters. The molecule has 114 valence electrons. The van der Waals surface area contributed by atoms with Crippen molar-refractivity contribution in [3.05, 3.63) is 35.4 Å². The number of rotatable bonds is 3. The highest BCUT2D eigenvalue weighted by Gasteiger charge is 2.23. The van der Waals surface area contributed by atoms with E-state index in [1.54, 1.807) is 18.2 Å². The topological polar surface area (TPSA) is 91.8 Å². The van der Waals surface area contributed by atoms with Crippen LogP contribution in [0.15, 0.2) is 24.3 Å². The summed E-state index contributed by atoms with van der Waals surface area (Å²) in [6.07, 6.45) is 0.400. The van der Waals surface area contributed by atoms with E-state index in [1.807, 2.05) is 0 Å². The largest absolute Gasteiger partial charge is 0.478 e. The second-order valence-electron chi connectivity index (χ2n) is 5.03. The van der Waals surface area contributed by atoms with Crippen molar-refractivity contribution in [1.82, 2.24) is 4.90 Å². The van der Waals surface area contributed by atoms with Gasteiger partial charge in [0.15, 0.2) is 9.84 Å². The number of carbonyl (C=O) groups is 2. The van der Waals surface area contributed by atoms with Crippen LogP contribution >= 0.6 is 0 Å². The first-order valence-corrected chi connectivity index (χ1v) is 8.50. The summed E-state index contributed by atoms with van der Waals surface area (Å²) in [6, 6.07) is 6.35. The molecule has 0 saturated carbocycles. The molecule has 6 nitrogen and oxygen atoms in total. The second-order valence-corrected chi connectivity index (χ2v) is 7.33. The SMILES string of the molecule is O=C(O)c1ccccc1CC(=O)N1CCCS(=O)(=O)CC1. The first kappa shape index (κ1) is 15.5. The molecule has 0 aliphatic carbocycles. The van der Waals surface area contributed by atoms with E-state index in [2.05, 4.69) is 0 Å². The van der Waals surface area contributed by atoms with Crippen LogP contribution in [0.5, 0.6) is 0 Å². The van der Waals surface area contributed by atoms with Crippen LogP contribution in [0.4, 0.5) is 0 Å². The van der Waals surface area contributed by atoms with E-state index in [1.165, 1.54) is 11.0 Å². The Morgan fingerprint density at radius 2 is 1.86 bits per heavy atom. The van der Waals surface area contributed by atoms with Crippen molar-refractivity contribution >= 4 is 21.7 Å². The third-order valence-corrected chi connectivity index (χ3v) is 5.21. The fraction of sp³-hybridized carbons (Fsp3) is 0.429. The van der Waals surface area contributed by atoms with Gasteiger partial charge in [0, 0.05) is 13.1 Å². The number of benzene rings is 1. The molecular weight excluding hydrogens is 294 g/mol. The Labute approximate surface area is 123 Å². The standard InChI is InChI=1S/C14H17NO5S/c16-13(15-6-3-8-21(19,20)9-7-15)10-11-4-1-2-5-12(11)14(17)18/h1-2,4-5H,3,6-10H2,(H,17,18). The minimum atomic E-state index is -3.07. The number of carbonyl (C=O) groups excluding carboxylic acids is 1. The molecule has 0 bridgehead atoms. The van der Waals surface area contributed by atoms with Gasteiger partial charge in [-0.15, -0.1) is 0 Å². The van der Waals surface area contributed by atoms with E-state index in [9.17, 15) is 18.0 Å². The number of carboxylic acids is 1. The molecule has 21 heavy (non-hydrogen) atoms. The smallest absolute Gasteiger partial charge is 0.335 e. The van der Waals surface area contributed by atoms with Gasteiger partial charge >= 0.3 is 5.97 Å². The Hall–Kier alpha value is -1.89. The maximum Gasteiger partial charge on any atom is 0.335 e. The number of nitrogens with zero attached hydrogens (tertiary/aromatic N) is 1. The molecule has 1 aromatic rings. The summed E-state index contributed by atoms with van der Waals surface area (Å²) in [5, 5.41) is 9.10. The number of hydrogen-bond acceptors (Lipinski definition) is 4. The third kappa shape index (κ3) is 4.04. The van der Waals surface area contributed by atoms with Crippen molar-refractivity contribution < 1.29 is 23.1 Å². The van der Waals surface area contributed by atoms with Crippen molar-refractivity contribution in [2.45, 2.75) is 12.8 Å². The Bertz CT molecular complexity index is 653. The lowest BCUT2D eigenvalue weighted by Gasteiger charge is -2.20. The van der Waals surface area contributed by atoms with Crippen molar-refractivity contribution in [2.24, 2.45) is 0 Å². The molecule has 1 heterocycles. The van der Waals surface area contributed by atoms with E-state index in [0.717, 1.165) is 0 Å². The van der Waals surface area contributed by atoms with Crippen LogP contribution in [-0.2, 0) is 21.1 Å². The molecule has 1 aromatic carbocycles. The summed E-state index contributed by atoms with van der Waals surface area (Å²) in [5.74, 6) is -1.24. The highest BCUT2D eigenvalue weighted by Crippen LogP contribution is 2.13. The number of aromatic carboxylic acids is 1.